The van der Waals surface area contributed by atoms with Crippen LogP contribution in [-0.2, 0) is 17.8 Å². The van der Waals surface area contributed by atoms with Gasteiger partial charge in [0, 0.05) is 13.0 Å². The van der Waals surface area contributed by atoms with Gasteiger partial charge in [0.15, 0.2) is 5.82 Å². The molecule has 1 N–H and O–H groups in total. The molecule has 0 saturated carbocycles. The lowest BCUT2D eigenvalue weighted by atomic mass is 9.94. The predicted octanol–water partition coefficient (Wildman–Crippen LogP) is 1.37. The molecule has 17 heavy (non-hydrogen) atoms. The summed E-state index contributed by atoms with van der Waals surface area (Å²) in [4.78, 5) is 11.2. The van der Waals surface area contributed by atoms with Crippen LogP contribution in [0.1, 0.15) is 39.4 Å². The van der Waals surface area contributed by atoms with Crippen molar-refractivity contribution in [1.29, 1.82) is 0 Å². The van der Waals surface area contributed by atoms with Crippen LogP contribution in [0, 0.1) is 11.8 Å². The fourth-order valence-corrected chi connectivity index (χ4v) is 1.82. The topological polar surface area (TPSA) is 80.9 Å². The molecular formula is C11H20N4O2. The minimum absolute atomic E-state index is 0.353. The number of aliphatic carboxylic acids is 1. The molecule has 1 rings (SSSR count). The standard InChI is InChI=1S/C11H20N4O2/c1-4-5-15-10(12-13-14-15)7-9(11(16)17)6-8(2)3/h8-9H,4-7H2,1-3H3,(H,16,17)/t9-/m1/s1. The number of carboxylic acid groups (broad SMARTS) is 1. The number of tetrazole rings is 1. The van der Waals surface area contributed by atoms with E-state index in [-0.39, 0.29) is 0 Å². The largest absolute Gasteiger partial charge is 0.481 e. The van der Waals surface area contributed by atoms with Gasteiger partial charge < -0.3 is 5.11 Å². The van der Waals surface area contributed by atoms with Gasteiger partial charge in [-0.15, -0.1) is 5.10 Å². The van der Waals surface area contributed by atoms with Crippen LogP contribution in [0.3, 0.4) is 0 Å². The van der Waals surface area contributed by atoms with Gasteiger partial charge in [0.05, 0.1) is 5.92 Å². The first-order valence-electron chi connectivity index (χ1n) is 6.02. The van der Waals surface area contributed by atoms with Crippen molar-refractivity contribution in [1.82, 2.24) is 20.2 Å². The number of hydrogen-bond acceptors (Lipinski definition) is 4. The highest BCUT2D eigenvalue weighted by atomic mass is 16.4. The van der Waals surface area contributed by atoms with Crippen molar-refractivity contribution in [3.63, 3.8) is 0 Å². The van der Waals surface area contributed by atoms with E-state index in [0.29, 0.717) is 24.6 Å². The average molecular weight is 240 g/mol. The lowest BCUT2D eigenvalue weighted by Crippen LogP contribution is -2.21. The zero-order chi connectivity index (χ0) is 12.8. The van der Waals surface area contributed by atoms with Gasteiger partial charge in [-0.3, -0.25) is 4.79 Å². The molecule has 0 fully saturated rings. The Morgan fingerprint density at radius 2 is 2.18 bits per heavy atom. The number of carboxylic acids is 1. The highest BCUT2D eigenvalue weighted by molar-refractivity contribution is 5.70. The lowest BCUT2D eigenvalue weighted by molar-refractivity contribution is -0.142. The second-order valence-electron chi connectivity index (χ2n) is 4.69. The van der Waals surface area contributed by atoms with Gasteiger partial charge in [0.25, 0.3) is 0 Å². The molecule has 0 radical (unpaired) electrons. The summed E-state index contributed by atoms with van der Waals surface area (Å²) in [6.07, 6.45) is 1.98. The minimum atomic E-state index is -0.773. The van der Waals surface area contributed by atoms with E-state index in [0.717, 1.165) is 13.0 Å². The Morgan fingerprint density at radius 3 is 2.71 bits per heavy atom. The van der Waals surface area contributed by atoms with Crippen molar-refractivity contribution in [3.8, 4) is 0 Å². The first-order chi connectivity index (χ1) is 8.04. The number of carbonyl (C=O) groups is 1. The second-order valence-corrected chi connectivity index (χ2v) is 4.69. The zero-order valence-electron chi connectivity index (χ0n) is 10.6. The minimum Gasteiger partial charge on any atom is -0.481 e. The number of hydrogen-bond donors (Lipinski definition) is 1. The van der Waals surface area contributed by atoms with E-state index in [4.69, 9.17) is 5.11 Å². The number of aryl methyl sites for hydroxylation is 1. The molecular weight excluding hydrogens is 220 g/mol. The van der Waals surface area contributed by atoms with Gasteiger partial charge in [0.1, 0.15) is 0 Å². The molecule has 1 aromatic rings. The molecule has 1 atom stereocenters. The van der Waals surface area contributed by atoms with Crippen LogP contribution < -0.4 is 0 Å². The van der Waals surface area contributed by atoms with Gasteiger partial charge in [-0.05, 0) is 29.2 Å². The maximum absolute atomic E-state index is 11.2. The van der Waals surface area contributed by atoms with E-state index in [1.807, 2.05) is 20.8 Å². The molecule has 0 spiro atoms. The summed E-state index contributed by atoms with van der Waals surface area (Å²) in [5.74, 6) is -0.159. The Morgan fingerprint density at radius 1 is 1.47 bits per heavy atom. The third-order valence-electron chi connectivity index (χ3n) is 2.58. The van der Waals surface area contributed by atoms with E-state index in [1.165, 1.54) is 0 Å². The van der Waals surface area contributed by atoms with Crippen LogP contribution in [0.4, 0.5) is 0 Å². The Hall–Kier alpha value is -1.46. The van der Waals surface area contributed by atoms with Crippen LogP contribution in [0.25, 0.3) is 0 Å². The monoisotopic (exact) mass is 240 g/mol. The molecule has 0 amide bonds. The summed E-state index contributed by atoms with van der Waals surface area (Å²) in [6, 6.07) is 0. The van der Waals surface area contributed by atoms with E-state index in [9.17, 15) is 4.79 Å². The summed E-state index contributed by atoms with van der Waals surface area (Å²) in [5.41, 5.74) is 0. The van der Waals surface area contributed by atoms with E-state index >= 15 is 0 Å². The van der Waals surface area contributed by atoms with Crippen molar-refractivity contribution >= 4 is 5.97 Å². The molecule has 1 heterocycles. The Labute approximate surface area is 101 Å². The Bertz CT molecular complexity index is 362. The van der Waals surface area contributed by atoms with Crippen LogP contribution in [0.15, 0.2) is 0 Å². The fraction of sp³-hybridized carbons (Fsp3) is 0.818. The smallest absolute Gasteiger partial charge is 0.306 e. The van der Waals surface area contributed by atoms with Crippen molar-refractivity contribution < 1.29 is 9.90 Å². The maximum atomic E-state index is 11.2. The average Bonchev–Trinajstić information content (AvgIpc) is 2.64. The molecule has 96 valence electrons. The third kappa shape index (κ3) is 4.13. The van der Waals surface area contributed by atoms with Gasteiger partial charge in [-0.1, -0.05) is 20.8 Å². The number of rotatable bonds is 7. The lowest BCUT2D eigenvalue weighted by Gasteiger charge is -2.13. The molecule has 0 aromatic carbocycles. The van der Waals surface area contributed by atoms with Gasteiger partial charge in [-0.2, -0.15) is 0 Å². The van der Waals surface area contributed by atoms with Crippen molar-refractivity contribution in [2.45, 2.75) is 46.6 Å². The van der Waals surface area contributed by atoms with Crippen molar-refractivity contribution in [2.75, 3.05) is 0 Å². The quantitative estimate of drug-likeness (QED) is 0.778. The molecule has 6 nitrogen and oxygen atoms in total. The highest BCUT2D eigenvalue weighted by Crippen LogP contribution is 2.16. The molecule has 1 aromatic heterocycles. The van der Waals surface area contributed by atoms with Crippen LogP contribution >= 0.6 is 0 Å². The molecule has 0 bridgehead atoms. The van der Waals surface area contributed by atoms with Gasteiger partial charge in [-0.25, -0.2) is 4.68 Å². The Balaban J connectivity index is 2.71. The number of nitrogens with zero attached hydrogens (tertiary/aromatic N) is 4. The number of aromatic nitrogens is 4. The molecule has 0 aliphatic heterocycles. The van der Waals surface area contributed by atoms with Crippen LogP contribution in [0.5, 0.6) is 0 Å². The molecule has 0 aliphatic rings. The maximum Gasteiger partial charge on any atom is 0.306 e. The molecule has 0 saturated heterocycles. The van der Waals surface area contributed by atoms with Gasteiger partial charge >= 0.3 is 5.97 Å². The summed E-state index contributed by atoms with van der Waals surface area (Å²) < 4.78 is 1.69. The molecule has 6 heteroatoms. The first-order valence-corrected chi connectivity index (χ1v) is 6.02. The predicted molar refractivity (Wildman–Crippen MR) is 62.4 cm³/mol. The first kappa shape index (κ1) is 13.6. The zero-order valence-corrected chi connectivity index (χ0v) is 10.6. The SMILES string of the molecule is CCCn1nnnc1C[C@@H](CC(C)C)C(=O)O. The molecule has 0 aliphatic carbocycles. The normalized spacial score (nSPS) is 12.9. The highest BCUT2D eigenvalue weighted by Gasteiger charge is 2.22. The summed E-state index contributed by atoms with van der Waals surface area (Å²) >= 11 is 0. The van der Waals surface area contributed by atoms with E-state index in [1.54, 1.807) is 4.68 Å². The van der Waals surface area contributed by atoms with Gasteiger partial charge in [0.2, 0.25) is 0 Å². The van der Waals surface area contributed by atoms with Crippen LogP contribution in [-0.4, -0.2) is 31.3 Å². The summed E-state index contributed by atoms with van der Waals surface area (Å²) in [6.45, 7) is 6.81. The van der Waals surface area contributed by atoms with Crippen molar-refractivity contribution in [3.05, 3.63) is 5.82 Å². The van der Waals surface area contributed by atoms with E-state index < -0.39 is 11.9 Å². The second kappa shape index (κ2) is 6.32. The Kier molecular flexibility index (Phi) is 5.06. The fourth-order valence-electron chi connectivity index (χ4n) is 1.82. The van der Waals surface area contributed by atoms with E-state index in [2.05, 4.69) is 15.5 Å². The molecule has 0 unspecified atom stereocenters. The third-order valence-corrected chi connectivity index (χ3v) is 2.58. The summed E-state index contributed by atoms with van der Waals surface area (Å²) in [5, 5.41) is 20.5. The van der Waals surface area contributed by atoms with Crippen molar-refractivity contribution in [2.24, 2.45) is 11.8 Å². The van der Waals surface area contributed by atoms with Crippen LogP contribution in [0.2, 0.25) is 0 Å². The summed E-state index contributed by atoms with van der Waals surface area (Å²) in [7, 11) is 0.